The highest BCUT2D eigenvalue weighted by atomic mass is 19.4. The third-order valence-corrected chi connectivity index (χ3v) is 1.52. The van der Waals surface area contributed by atoms with Crippen molar-refractivity contribution in [2.75, 3.05) is 0 Å². The summed E-state index contributed by atoms with van der Waals surface area (Å²) in [5, 5.41) is 3.04. The first-order valence-electron chi connectivity index (χ1n) is 3.55. The number of benzene rings is 1. The van der Waals surface area contributed by atoms with Gasteiger partial charge in [0.25, 0.3) is 0 Å². The molecule has 0 atom stereocenters. The van der Waals surface area contributed by atoms with Crippen LogP contribution < -0.4 is 5.84 Å². The van der Waals surface area contributed by atoms with Crippen LogP contribution in [0.15, 0.2) is 23.3 Å². The van der Waals surface area contributed by atoms with Crippen LogP contribution in [0.25, 0.3) is 0 Å². The Morgan fingerprint density at radius 3 is 2.43 bits per heavy atom. The fourth-order valence-electron chi connectivity index (χ4n) is 0.926. The lowest BCUT2D eigenvalue weighted by molar-refractivity contribution is -0.140. The van der Waals surface area contributed by atoms with Gasteiger partial charge in [0.2, 0.25) is 0 Å². The van der Waals surface area contributed by atoms with Gasteiger partial charge in [-0.05, 0) is 17.7 Å². The zero-order chi connectivity index (χ0) is 10.8. The molecule has 0 amide bonds. The second-order valence-electron chi connectivity index (χ2n) is 2.52. The van der Waals surface area contributed by atoms with Gasteiger partial charge in [-0.3, -0.25) is 0 Å². The first-order valence-corrected chi connectivity index (χ1v) is 3.55. The summed E-state index contributed by atoms with van der Waals surface area (Å²) in [4.78, 5) is 0. The first kappa shape index (κ1) is 10.5. The van der Waals surface area contributed by atoms with Crippen LogP contribution in [0, 0.1) is 5.82 Å². The van der Waals surface area contributed by atoms with Crippen LogP contribution >= 0.6 is 0 Å². The zero-order valence-electron chi connectivity index (χ0n) is 6.85. The molecule has 1 aromatic rings. The number of alkyl halides is 3. The fraction of sp³-hybridized carbons (Fsp3) is 0.125. The molecule has 0 fully saturated rings. The van der Waals surface area contributed by atoms with Gasteiger partial charge in [-0.1, -0.05) is 6.07 Å². The Kier molecular flexibility index (Phi) is 2.73. The summed E-state index contributed by atoms with van der Waals surface area (Å²) in [5.41, 5.74) is -1.23. The van der Waals surface area contributed by atoms with Gasteiger partial charge in [0.1, 0.15) is 5.82 Å². The summed E-state index contributed by atoms with van der Waals surface area (Å²) in [6.07, 6.45) is -3.70. The highest BCUT2D eigenvalue weighted by Crippen LogP contribution is 2.31. The predicted molar refractivity (Wildman–Crippen MR) is 43.2 cm³/mol. The Morgan fingerprint density at radius 2 is 1.93 bits per heavy atom. The summed E-state index contributed by atoms with van der Waals surface area (Å²) in [7, 11) is 0. The summed E-state index contributed by atoms with van der Waals surface area (Å²) >= 11 is 0. The van der Waals surface area contributed by atoms with Crippen LogP contribution in [0.3, 0.4) is 0 Å². The standard InChI is InChI=1S/C8H6F4N2/c9-7-2-1-5(4-14-13)3-6(7)8(10,11)12/h1-4H,13H2/b14-4+. The molecule has 0 radical (unpaired) electrons. The third kappa shape index (κ3) is 2.21. The number of hydrazone groups is 1. The molecule has 0 aromatic heterocycles. The fourth-order valence-corrected chi connectivity index (χ4v) is 0.926. The average molecular weight is 206 g/mol. The topological polar surface area (TPSA) is 38.4 Å². The van der Waals surface area contributed by atoms with Crippen LogP contribution in [0.2, 0.25) is 0 Å². The van der Waals surface area contributed by atoms with Crippen LogP contribution in [0.1, 0.15) is 11.1 Å². The Balaban J connectivity index is 3.22. The molecule has 2 N–H and O–H groups in total. The monoisotopic (exact) mass is 206 g/mol. The number of hydrogen-bond donors (Lipinski definition) is 1. The van der Waals surface area contributed by atoms with Crippen molar-refractivity contribution in [3.8, 4) is 0 Å². The molecule has 14 heavy (non-hydrogen) atoms. The smallest absolute Gasteiger partial charge is 0.323 e. The predicted octanol–water partition coefficient (Wildman–Crippen LogP) is 2.14. The lowest BCUT2D eigenvalue weighted by Crippen LogP contribution is -2.08. The van der Waals surface area contributed by atoms with Crippen LogP contribution in [0.4, 0.5) is 17.6 Å². The molecule has 0 unspecified atom stereocenters. The molecule has 0 saturated carbocycles. The van der Waals surface area contributed by atoms with E-state index in [0.717, 1.165) is 18.3 Å². The van der Waals surface area contributed by atoms with Crippen LogP contribution in [-0.4, -0.2) is 6.21 Å². The van der Waals surface area contributed by atoms with Gasteiger partial charge in [0, 0.05) is 0 Å². The molecule has 0 spiro atoms. The number of halogens is 4. The summed E-state index contributed by atoms with van der Waals surface area (Å²) < 4.78 is 49.2. The van der Waals surface area contributed by atoms with E-state index in [9.17, 15) is 17.6 Å². The van der Waals surface area contributed by atoms with Crippen molar-refractivity contribution in [2.24, 2.45) is 10.9 Å². The minimum absolute atomic E-state index is 0.0984. The van der Waals surface area contributed by atoms with Gasteiger partial charge in [-0.2, -0.15) is 18.3 Å². The maximum Gasteiger partial charge on any atom is 0.419 e. The van der Waals surface area contributed by atoms with Crippen molar-refractivity contribution in [2.45, 2.75) is 6.18 Å². The minimum Gasteiger partial charge on any atom is -0.323 e. The molecular weight excluding hydrogens is 200 g/mol. The average Bonchev–Trinajstić information content (AvgIpc) is 2.07. The van der Waals surface area contributed by atoms with E-state index in [1.807, 2.05) is 0 Å². The Bertz CT molecular complexity index is 357. The van der Waals surface area contributed by atoms with Crippen LogP contribution in [-0.2, 0) is 6.18 Å². The maximum absolute atomic E-state index is 12.7. The third-order valence-electron chi connectivity index (χ3n) is 1.52. The van der Waals surface area contributed by atoms with E-state index >= 15 is 0 Å². The molecule has 0 aliphatic rings. The summed E-state index contributed by atoms with van der Waals surface area (Å²) in [6, 6.07) is 2.52. The second-order valence-corrected chi connectivity index (χ2v) is 2.52. The molecule has 76 valence electrons. The quantitative estimate of drug-likeness (QED) is 0.325. The van der Waals surface area contributed by atoms with Gasteiger partial charge in [-0.15, -0.1) is 0 Å². The second kappa shape index (κ2) is 3.65. The molecule has 0 bridgehead atoms. The lowest BCUT2D eigenvalue weighted by atomic mass is 10.1. The minimum atomic E-state index is -4.71. The molecule has 0 heterocycles. The molecule has 1 aromatic carbocycles. The Hall–Kier alpha value is -1.59. The van der Waals surface area contributed by atoms with Crippen LogP contribution in [0.5, 0.6) is 0 Å². The van der Waals surface area contributed by atoms with E-state index < -0.39 is 17.6 Å². The molecule has 1 rings (SSSR count). The number of nitrogens with two attached hydrogens (primary N) is 1. The van der Waals surface area contributed by atoms with E-state index in [1.54, 1.807) is 0 Å². The van der Waals surface area contributed by atoms with Gasteiger partial charge in [0.15, 0.2) is 0 Å². The molecular formula is C8H6F4N2. The van der Waals surface area contributed by atoms with Crippen molar-refractivity contribution in [3.05, 3.63) is 35.1 Å². The number of rotatable bonds is 1. The highest BCUT2D eigenvalue weighted by Gasteiger charge is 2.33. The van der Waals surface area contributed by atoms with Gasteiger partial charge in [-0.25, -0.2) is 4.39 Å². The molecule has 2 nitrogen and oxygen atoms in total. The lowest BCUT2D eigenvalue weighted by Gasteiger charge is -2.07. The van der Waals surface area contributed by atoms with E-state index in [-0.39, 0.29) is 5.56 Å². The highest BCUT2D eigenvalue weighted by molar-refractivity contribution is 5.79. The Labute approximate surface area is 77.0 Å². The van der Waals surface area contributed by atoms with E-state index in [1.165, 1.54) is 0 Å². The molecule has 0 aliphatic heterocycles. The SMILES string of the molecule is N/N=C/c1ccc(F)c(C(F)(F)F)c1. The van der Waals surface area contributed by atoms with E-state index in [2.05, 4.69) is 5.10 Å². The number of hydrogen-bond acceptors (Lipinski definition) is 2. The zero-order valence-corrected chi connectivity index (χ0v) is 6.85. The van der Waals surface area contributed by atoms with Crippen molar-refractivity contribution >= 4 is 6.21 Å². The normalized spacial score (nSPS) is 12.3. The van der Waals surface area contributed by atoms with Crippen molar-refractivity contribution in [1.82, 2.24) is 0 Å². The van der Waals surface area contributed by atoms with Gasteiger partial charge >= 0.3 is 6.18 Å². The van der Waals surface area contributed by atoms with Crippen molar-refractivity contribution in [3.63, 3.8) is 0 Å². The largest absolute Gasteiger partial charge is 0.419 e. The van der Waals surface area contributed by atoms with Gasteiger partial charge in [0.05, 0.1) is 11.8 Å². The number of nitrogens with zero attached hydrogens (tertiary/aromatic N) is 1. The summed E-state index contributed by atoms with van der Waals surface area (Å²) in [6.45, 7) is 0. The molecule has 0 saturated heterocycles. The first-order chi connectivity index (χ1) is 6.45. The Morgan fingerprint density at radius 1 is 1.29 bits per heavy atom. The van der Waals surface area contributed by atoms with Gasteiger partial charge < -0.3 is 5.84 Å². The van der Waals surface area contributed by atoms with Crippen molar-refractivity contribution < 1.29 is 17.6 Å². The van der Waals surface area contributed by atoms with E-state index in [4.69, 9.17) is 5.84 Å². The molecule has 6 heteroatoms. The maximum atomic E-state index is 12.7. The summed E-state index contributed by atoms with van der Waals surface area (Å²) in [5.74, 6) is 3.44. The van der Waals surface area contributed by atoms with Crippen molar-refractivity contribution in [1.29, 1.82) is 0 Å². The van der Waals surface area contributed by atoms with E-state index in [0.29, 0.717) is 6.07 Å². The molecule has 0 aliphatic carbocycles.